The molecule has 2 N–H and O–H groups in total. The number of imidazole rings is 1. The van der Waals surface area contributed by atoms with Crippen molar-refractivity contribution in [3.05, 3.63) is 87.4 Å². The second-order valence-electron chi connectivity index (χ2n) is 6.33. The first kappa shape index (κ1) is 21.0. The van der Waals surface area contributed by atoms with Crippen molar-refractivity contribution in [2.24, 2.45) is 0 Å². The Labute approximate surface area is 176 Å². The van der Waals surface area contributed by atoms with Gasteiger partial charge < -0.3 is 15.2 Å². The number of para-hydroxylation sites is 1. The summed E-state index contributed by atoms with van der Waals surface area (Å²) >= 11 is 6.01. The molecule has 1 aromatic heterocycles. The Morgan fingerprint density at radius 1 is 1.13 bits per heavy atom. The lowest BCUT2D eigenvalue weighted by atomic mass is 10.1. The number of halogens is 1. The molecule has 0 aliphatic rings. The first-order chi connectivity index (χ1) is 14.5. The highest BCUT2D eigenvalue weighted by Gasteiger charge is 2.18. The second-order valence-corrected chi connectivity index (χ2v) is 6.74. The predicted octanol–water partition coefficient (Wildman–Crippen LogP) is 3.52. The molecule has 2 aromatic carbocycles. The average molecular weight is 428 g/mol. The van der Waals surface area contributed by atoms with E-state index in [1.54, 1.807) is 36.8 Å². The minimum absolute atomic E-state index is 0.0527. The van der Waals surface area contributed by atoms with E-state index in [1.165, 1.54) is 12.1 Å². The number of hydrogen-bond donors (Lipinski definition) is 2. The maximum absolute atomic E-state index is 12.6. The van der Waals surface area contributed by atoms with E-state index in [-0.39, 0.29) is 22.2 Å². The maximum Gasteiger partial charge on any atom is 0.270 e. The summed E-state index contributed by atoms with van der Waals surface area (Å²) < 4.78 is 1.91. The van der Waals surface area contributed by atoms with Gasteiger partial charge in [-0.2, -0.15) is 0 Å². The molecule has 0 spiro atoms. The number of hydrogen-bond acceptors (Lipinski definition) is 5. The third-order valence-electron chi connectivity index (χ3n) is 4.27. The Hall–Kier alpha value is -3.72. The number of carbonyl (C=O) groups is 2. The third kappa shape index (κ3) is 5.21. The van der Waals surface area contributed by atoms with Gasteiger partial charge in [0.15, 0.2) is 0 Å². The Morgan fingerprint density at radius 3 is 2.63 bits per heavy atom. The molecule has 9 nitrogen and oxygen atoms in total. The summed E-state index contributed by atoms with van der Waals surface area (Å²) in [6.07, 6.45) is 5.95. The van der Waals surface area contributed by atoms with E-state index in [0.717, 1.165) is 19.0 Å². The highest BCUT2D eigenvalue weighted by Crippen LogP contribution is 2.24. The number of amides is 2. The first-order valence-electron chi connectivity index (χ1n) is 9.04. The molecule has 0 atom stereocenters. The lowest BCUT2D eigenvalue weighted by molar-refractivity contribution is -0.384. The van der Waals surface area contributed by atoms with Crippen LogP contribution in [0.3, 0.4) is 0 Å². The normalized spacial score (nSPS) is 10.4. The third-order valence-corrected chi connectivity index (χ3v) is 4.58. The quantitative estimate of drug-likeness (QED) is 0.324. The van der Waals surface area contributed by atoms with Gasteiger partial charge in [-0.1, -0.05) is 23.7 Å². The van der Waals surface area contributed by atoms with Crippen LogP contribution < -0.4 is 10.6 Å². The van der Waals surface area contributed by atoms with Crippen LogP contribution in [0.1, 0.15) is 27.1 Å². The Morgan fingerprint density at radius 2 is 1.93 bits per heavy atom. The van der Waals surface area contributed by atoms with E-state index in [0.29, 0.717) is 17.8 Å². The lowest BCUT2D eigenvalue weighted by Crippen LogP contribution is -2.26. The van der Waals surface area contributed by atoms with Gasteiger partial charge in [0, 0.05) is 37.6 Å². The van der Waals surface area contributed by atoms with Crippen LogP contribution in [0.25, 0.3) is 0 Å². The molecule has 0 fully saturated rings. The number of nitro groups is 1. The topological polar surface area (TPSA) is 119 Å². The molecule has 30 heavy (non-hydrogen) atoms. The van der Waals surface area contributed by atoms with Crippen LogP contribution in [0.5, 0.6) is 0 Å². The molecule has 3 rings (SSSR count). The number of aromatic nitrogens is 2. The summed E-state index contributed by atoms with van der Waals surface area (Å²) in [5.74, 6) is -0.901. The van der Waals surface area contributed by atoms with Gasteiger partial charge in [-0.3, -0.25) is 19.7 Å². The van der Waals surface area contributed by atoms with Crippen molar-refractivity contribution in [2.75, 3.05) is 11.9 Å². The number of aryl methyl sites for hydroxylation is 1. The average Bonchev–Trinajstić information content (AvgIpc) is 3.24. The Kier molecular flexibility index (Phi) is 6.76. The number of non-ortho nitro benzene ring substituents is 1. The minimum atomic E-state index is -0.597. The van der Waals surface area contributed by atoms with Crippen molar-refractivity contribution in [1.29, 1.82) is 0 Å². The molecule has 0 saturated carbocycles. The van der Waals surface area contributed by atoms with E-state index in [9.17, 15) is 19.7 Å². The molecule has 0 aliphatic carbocycles. The van der Waals surface area contributed by atoms with Gasteiger partial charge in [-0.05, 0) is 24.6 Å². The molecule has 2 amide bonds. The molecule has 0 saturated heterocycles. The van der Waals surface area contributed by atoms with E-state index < -0.39 is 10.8 Å². The van der Waals surface area contributed by atoms with Crippen LogP contribution in [-0.2, 0) is 6.54 Å². The SMILES string of the molecule is O=C(Nc1ccccc1C(=O)NCCCn1ccnc1)c1ccc([N+](=O)[O-])cc1Cl. The molecule has 1 heterocycles. The summed E-state index contributed by atoms with van der Waals surface area (Å²) in [5, 5.41) is 16.2. The van der Waals surface area contributed by atoms with Crippen molar-refractivity contribution in [3.8, 4) is 0 Å². The van der Waals surface area contributed by atoms with Gasteiger partial charge in [-0.15, -0.1) is 0 Å². The van der Waals surface area contributed by atoms with Crippen LogP contribution in [0.4, 0.5) is 11.4 Å². The molecule has 0 unspecified atom stereocenters. The molecular weight excluding hydrogens is 410 g/mol. The van der Waals surface area contributed by atoms with Crippen LogP contribution in [0.2, 0.25) is 5.02 Å². The van der Waals surface area contributed by atoms with Crippen molar-refractivity contribution < 1.29 is 14.5 Å². The largest absolute Gasteiger partial charge is 0.352 e. The molecule has 3 aromatic rings. The molecule has 0 aliphatic heterocycles. The van der Waals surface area contributed by atoms with E-state index in [4.69, 9.17) is 11.6 Å². The zero-order valence-corrected chi connectivity index (χ0v) is 16.5. The molecule has 0 radical (unpaired) electrons. The predicted molar refractivity (Wildman–Crippen MR) is 112 cm³/mol. The molecular formula is C20H18ClN5O4. The van der Waals surface area contributed by atoms with Crippen molar-refractivity contribution in [1.82, 2.24) is 14.9 Å². The Bertz CT molecular complexity index is 1070. The molecule has 154 valence electrons. The number of carbonyl (C=O) groups excluding carboxylic acids is 2. The number of rotatable bonds is 8. The summed E-state index contributed by atoms with van der Waals surface area (Å²) in [6, 6.07) is 10.1. The highest BCUT2D eigenvalue weighted by atomic mass is 35.5. The van der Waals surface area contributed by atoms with Gasteiger partial charge in [0.2, 0.25) is 0 Å². The van der Waals surface area contributed by atoms with Crippen molar-refractivity contribution in [2.45, 2.75) is 13.0 Å². The van der Waals surface area contributed by atoms with Gasteiger partial charge >= 0.3 is 0 Å². The molecule has 10 heteroatoms. The van der Waals surface area contributed by atoms with Crippen LogP contribution in [0.15, 0.2) is 61.2 Å². The van der Waals surface area contributed by atoms with E-state index in [1.807, 2.05) is 10.8 Å². The minimum Gasteiger partial charge on any atom is -0.352 e. The van der Waals surface area contributed by atoms with E-state index in [2.05, 4.69) is 15.6 Å². The number of nitrogens with zero attached hydrogens (tertiary/aromatic N) is 3. The first-order valence-corrected chi connectivity index (χ1v) is 9.42. The van der Waals surface area contributed by atoms with Crippen LogP contribution >= 0.6 is 11.6 Å². The standard InChI is InChI=1S/C20H18ClN5O4/c21-17-12-14(26(29)30)6-7-15(17)20(28)24-18-5-2-1-4-16(18)19(27)23-8-3-10-25-11-9-22-13-25/h1-2,4-7,9,11-13H,3,8,10H2,(H,23,27)(H,24,28). The summed E-state index contributed by atoms with van der Waals surface area (Å²) in [5.41, 5.74) is 0.459. The lowest BCUT2D eigenvalue weighted by Gasteiger charge is -2.12. The van der Waals surface area contributed by atoms with E-state index >= 15 is 0 Å². The fraction of sp³-hybridized carbons (Fsp3) is 0.150. The second kappa shape index (κ2) is 9.66. The zero-order chi connectivity index (χ0) is 21.5. The zero-order valence-electron chi connectivity index (χ0n) is 15.7. The maximum atomic E-state index is 12.6. The smallest absolute Gasteiger partial charge is 0.270 e. The fourth-order valence-corrected chi connectivity index (χ4v) is 3.02. The monoisotopic (exact) mass is 427 g/mol. The summed E-state index contributed by atoms with van der Waals surface area (Å²) in [4.78, 5) is 39.3. The number of nitro benzene ring substituents is 1. The highest BCUT2D eigenvalue weighted by molar-refractivity contribution is 6.34. The fourth-order valence-electron chi connectivity index (χ4n) is 2.76. The van der Waals surface area contributed by atoms with Gasteiger partial charge in [0.1, 0.15) is 0 Å². The Balaban J connectivity index is 1.65. The summed E-state index contributed by atoms with van der Waals surface area (Å²) in [6.45, 7) is 1.17. The van der Waals surface area contributed by atoms with Crippen molar-refractivity contribution in [3.63, 3.8) is 0 Å². The number of anilines is 1. The number of benzene rings is 2. The summed E-state index contributed by atoms with van der Waals surface area (Å²) in [7, 11) is 0. The van der Waals surface area contributed by atoms with Gasteiger partial charge in [0.05, 0.1) is 33.1 Å². The van der Waals surface area contributed by atoms with Crippen LogP contribution in [0, 0.1) is 10.1 Å². The number of nitrogens with one attached hydrogen (secondary N) is 2. The van der Waals surface area contributed by atoms with Crippen molar-refractivity contribution >= 4 is 34.8 Å². The van der Waals surface area contributed by atoms with Gasteiger partial charge in [-0.25, -0.2) is 4.98 Å². The molecule has 0 bridgehead atoms. The van der Waals surface area contributed by atoms with Crippen LogP contribution in [-0.4, -0.2) is 32.8 Å². The van der Waals surface area contributed by atoms with Gasteiger partial charge in [0.25, 0.3) is 17.5 Å².